The number of aromatic nitrogens is 3. The predicted molar refractivity (Wildman–Crippen MR) is 120 cm³/mol. The quantitative estimate of drug-likeness (QED) is 0.462. The molecule has 3 N–H and O–H groups in total. The summed E-state index contributed by atoms with van der Waals surface area (Å²) in [4.78, 5) is 9.21. The third kappa shape index (κ3) is 3.53. The van der Waals surface area contributed by atoms with Gasteiger partial charge >= 0.3 is 0 Å². The first-order valence-corrected chi connectivity index (χ1v) is 11.3. The lowest BCUT2D eigenvalue weighted by atomic mass is 10.1. The standard InChI is InChI=1S/C22H25N5O2S/c1-14-15(2)25-22(23)20-21(14)27(16(3)26-20)13-7-12-24-30(28,29)19-11-6-9-17-8-4-5-10-18(17)19/h4-6,8-11,24H,7,12-13H2,1-3H3,(H2,23,25). The molecule has 0 aliphatic heterocycles. The molecular weight excluding hydrogens is 398 g/mol. The Morgan fingerprint density at radius 3 is 2.57 bits per heavy atom. The largest absolute Gasteiger partial charge is 0.382 e. The zero-order valence-electron chi connectivity index (χ0n) is 17.3. The first kappa shape index (κ1) is 20.3. The van der Waals surface area contributed by atoms with E-state index in [0.29, 0.717) is 35.7 Å². The average molecular weight is 424 g/mol. The lowest BCUT2D eigenvalue weighted by molar-refractivity contribution is 0.570. The zero-order chi connectivity index (χ0) is 21.5. The number of nitrogen functional groups attached to an aromatic ring is 1. The van der Waals surface area contributed by atoms with Crippen molar-refractivity contribution in [3.63, 3.8) is 0 Å². The number of hydrogen-bond donors (Lipinski definition) is 2. The van der Waals surface area contributed by atoms with Crippen molar-refractivity contribution in [1.82, 2.24) is 19.3 Å². The van der Waals surface area contributed by atoms with Gasteiger partial charge in [0.15, 0.2) is 5.82 Å². The van der Waals surface area contributed by atoms with Crippen LogP contribution in [0.5, 0.6) is 0 Å². The first-order valence-electron chi connectivity index (χ1n) is 9.86. The number of pyridine rings is 1. The van der Waals surface area contributed by atoms with Crippen molar-refractivity contribution in [1.29, 1.82) is 0 Å². The summed E-state index contributed by atoms with van der Waals surface area (Å²) >= 11 is 0. The third-order valence-corrected chi connectivity index (χ3v) is 7.00. The van der Waals surface area contributed by atoms with Crippen LogP contribution in [0.3, 0.4) is 0 Å². The number of imidazole rings is 1. The maximum atomic E-state index is 12.9. The number of anilines is 1. The molecule has 0 unspecified atom stereocenters. The zero-order valence-corrected chi connectivity index (χ0v) is 18.1. The molecule has 0 aliphatic carbocycles. The van der Waals surface area contributed by atoms with E-state index in [1.54, 1.807) is 12.1 Å². The SMILES string of the molecule is Cc1nc(N)c2nc(C)n(CCCNS(=O)(=O)c3cccc4ccccc34)c2c1C. The topological polar surface area (TPSA) is 103 Å². The smallest absolute Gasteiger partial charge is 0.241 e. The van der Waals surface area contributed by atoms with Gasteiger partial charge in [-0.2, -0.15) is 0 Å². The summed E-state index contributed by atoms with van der Waals surface area (Å²) < 4.78 is 30.6. The van der Waals surface area contributed by atoms with Gasteiger partial charge in [0.2, 0.25) is 10.0 Å². The van der Waals surface area contributed by atoms with Gasteiger partial charge in [-0.15, -0.1) is 0 Å². The summed E-state index contributed by atoms with van der Waals surface area (Å²) in [5, 5.41) is 1.62. The van der Waals surface area contributed by atoms with E-state index < -0.39 is 10.0 Å². The second kappa shape index (κ2) is 7.70. The molecule has 0 radical (unpaired) electrons. The molecule has 2 aromatic heterocycles. The Morgan fingerprint density at radius 2 is 1.77 bits per heavy atom. The number of hydrogen-bond acceptors (Lipinski definition) is 5. The van der Waals surface area contributed by atoms with Gasteiger partial charge in [-0.3, -0.25) is 0 Å². The van der Waals surface area contributed by atoms with Crippen LogP contribution in [0.25, 0.3) is 21.8 Å². The maximum Gasteiger partial charge on any atom is 0.241 e. The maximum absolute atomic E-state index is 12.9. The monoisotopic (exact) mass is 423 g/mol. The fourth-order valence-corrected chi connectivity index (χ4v) is 5.14. The second-order valence-electron chi connectivity index (χ2n) is 7.44. The number of nitrogens with one attached hydrogen (secondary N) is 1. The van der Waals surface area contributed by atoms with Crippen LogP contribution in [0.2, 0.25) is 0 Å². The van der Waals surface area contributed by atoms with E-state index in [1.807, 2.05) is 51.1 Å². The molecule has 30 heavy (non-hydrogen) atoms. The molecule has 0 aliphatic rings. The molecule has 0 saturated carbocycles. The van der Waals surface area contributed by atoms with Crippen LogP contribution in [0.4, 0.5) is 5.82 Å². The second-order valence-corrected chi connectivity index (χ2v) is 9.18. The summed E-state index contributed by atoms with van der Waals surface area (Å²) in [6.07, 6.45) is 0.622. The number of nitrogens with two attached hydrogens (primary N) is 1. The van der Waals surface area contributed by atoms with E-state index in [1.165, 1.54) is 0 Å². The summed E-state index contributed by atoms with van der Waals surface area (Å²) in [6.45, 7) is 6.81. The molecule has 4 aromatic rings. The van der Waals surface area contributed by atoms with Crippen molar-refractivity contribution >= 4 is 37.6 Å². The minimum Gasteiger partial charge on any atom is -0.382 e. The molecule has 0 atom stereocenters. The number of rotatable bonds is 6. The Morgan fingerprint density at radius 1 is 1.03 bits per heavy atom. The van der Waals surface area contributed by atoms with Crippen LogP contribution in [0.15, 0.2) is 47.4 Å². The molecular formula is C22H25N5O2S. The molecule has 2 aromatic carbocycles. The molecule has 0 saturated heterocycles. The number of aryl methyl sites for hydroxylation is 4. The molecule has 4 rings (SSSR count). The van der Waals surface area contributed by atoms with Crippen molar-refractivity contribution in [3.05, 3.63) is 59.5 Å². The highest BCUT2D eigenvalue weighted by Gasteiger charge is 2.18. The Kier molecular flexibility index (Phi) is 5.21. The van der Waals surface area contributed by atoms with Crippen molar-refractivity contribution in [3.8, 4) is 0 Å². The van der Waals surface area contributed by atoms with Crippen LogP contribution in [0, 0.1) is 20.8 Å². The van der Waals surface area contributed by atoms with Crippen molar-refractivity contribution in [2.45, 2.75) is 38.6 Å². The number of benzene rings is 2. The normalized spacial score (nSPS) is 12.1. The predicted octanol–water partition coefficient (Wildman–Crippen LogP) is 3.46. The lowest BCUT2D eigenvalue weighted by Gasteiger charge is -2.12. The fourth-order valence-electron chi connectivity index (χ4n) is 3.84. The molecule has 0 spiro atoms. The van der Waals surface area contributed by atoms with E-state index in [0.717, 1.165) is 33.4 Å². The molecule has 0 fully saturated rings. The third-order valence-electron chi connectivity index (χ3n) is 5.48. The van der Waals surface area contributed by atoms with Gasteiger partial charge in [0.1, 0.15) is 11.3 Å². The summed E-state index contributed by atoms with van der Waals surface area (Å²) in [7, 11) is -3.61. The van der Waals surface area contributed by atoms with Gasteiger partial charge in [0.05, 0.1) is 10.4 Å². The highest BCUT2D eigenvalue weighted by molar-refractivity contribution is 7.89. The van der Waals surface area contributed by atoms with Crippen LogP contribution in [-0.2, 0) is 16.6 Å². The van der Waals surface area contributed by atoms with Gasteiger partial charge in [-0.25, -0.2) is 23.1 Å². The summed E-state index contributed by atoms with van der Waals surface area (Å²) in [5.74, 6) is 1.26. The van der Waals surface area contributed by atoms with E-state index in [2.05, 4.69) is 19.3 Å². The molecule has 7 nitrogen and oxygen atoms in total. The van der Waals surface area contributed by atoms with Crippen LogP contribution >= 0.6 is 0 Å². The van der Waals surface area contributed by atoms with E-state index >= 15 is 0 Å². The fraction of sp³-hybridized carbons (Fsp3) is 0.273. The Bertz CT molecular complexity index is 1350. The Labute approximate surface area is 176 Å². The Balaban J connectivity index is 1.52. The summed E-state index contributed by atoms with van der Waals surface area (Å²) in [6, 6.07) is 12.8. The molecule has 156 valence electrons. The van der Waals surface area contributed by atoms with Crippen molar-refractivity contribution in [2.75, 3.05) is 12.3 Å². The van der Waals surface area contributed by atoms with Crippen LogP contribution < -0.4 is 10.5 Å². The Hall–Kier alpha value is -2.97. The molecule has 8 heteroatoms. The first-order chi connectivity index (χ1) is 14.3. The molecule has 2 heterocycles. The number of fused-ring (bicyclic) bond motifs is 2. The minimum absolute atomic E-state index is 0.301. The minimum atomic E-state index is -3.61. The van der Waals surface area contributed by atoms with Crippen LogP contribution in [0.1, 0.15) is 23.5 Å². The molecule has 0 bridgehead atoms. The van der Waals surface area contributed by atoms with Gasteiger partial charge in [0, 0.05) is 24.2 Å². The van der Waals surface area contributed by atoms with E-state index in [9.17, 15) is 8.42 Å². The lowest BCUT2D eigenvalue weighted by Crippen LogP contribution is -2.26. The van der Waals surface area contributed by atoms with Gasteiger partial charge in [0.25, 0.3) is 0 Å². The highest BCUT2D eigenvalue weighted by atomic mass is 32.2. The van der Waals surface area contributed by atoms with Crippen LogP contribution in [-0.4, -0.2) is 29.5 Å². The number of sulfonamides is 1. The molecule has 0 amide bonds. The van der Waals surface area contributed by atoms with Crippen molar-refractivity contribution in [2.24, 2.45) is 0 Å². The van der Waals surface area contributed by atoms with Crippen molar-refractivity contribution < 1.29 is 8.42 Å². The van der Waals surface area contributed by atoms with E-state index in [-0.39, 0.29) is 0 Å². The van der Waals surface area contributed by atoms with Gasteiger partial charge in [-0.1, -0.05) is 36.4 Å². The number of nitrogens with zero attached hydrogens (tertiary/aromatic N) is 3. The summed E-state index contributed by atoms with van der Waals surface area (Å²) in [5.41, 5.74) is 9.63. The highest BCUT2D eigenvalue weighted by Crippen LogP contribution is 2.26. The average Bonchev–Trinajstić information content (AvgIpc) is 3.06. The van der Waals surface area contributed by atoms with Gasteiger partial charge in [-0.05, 0) is 44.2 Å². The van der Waals surface area contributed by atoms with Gasteiger partial charge < -0.3 is 10.3 Å². The van der Waals surface area contributed by atoms with E-state index in [4.69, 9.17) is 5.73 Å².